The summed E-state index contributed by atoms with van der Waals surface area (Å²) in [4.78, 5) is 12.4. The second-order valence-electron chi connectivity index (χ2n) is 5.94. The summed E-state index contributed by atoms with van der Waals surface area (Å²) in [5.41, 5.74) is 4.37. The summed E-state index contributed by atoms with van der Waals surface area (Å²) >= 11 is 0. The summed E-state index contributed by atoms with van der Waals surface area (Å²) in [5, 5.41) is 18.8. The number of aromatic nitrogens is 1. The zero-order chi connectivity index (χ0) is 19.4. The summed E-state index contributed by atoms with van der Waals surface area (Å²) in [5.74, 6) is -0.463. The van der Waals surface area contributed by atoms with E-state index in [1.165, 1.54) is 0 Å². The number of ether oxygens (including phenoxy) is 1. The molecule has 1 heterocycles. The molecule has 3 aromatic rings. The van der Waals surface area contributed by atoms with Crippen LogP contribution in [0.15, 0.2) is 54.7 Å². The van der Waals surface area contributed by atoms with Crippen molar-refractivity contribution in [2.24, 2.45) is 7.05 Å². The first-order valence-electron chi connectivity index (χ1n) is 8.47. The molecule has 0 bridgehead atoms. The van der Waals surface area contributed by atoms with Crippen LogP contribution < -0.4 is 0 Å². The van der Waals surface area contributed by atoms with Crippen molar-refractivity contribution >= 4 is 5.97 Å². The third kappa shape index (κ3) is 3.31. The van der Waals surface area contributed by atoms with Crippen molar-refractivity contribution in [3.05, 3.63) is 71.5 Å². The Labute approximate surface area is 157 Å². The molecule has 27 heavy (non-hydrogen) atoms. The van der Waals surface area contributed by atoms with Gasteiger partial charge in [0.25, 0.3) is 0 Å². The first-order valence-corrected chi connectivity index (χ1v) is 8.47. The van der Waals surface area contributed by atoms with E-state index in [4.69, 9.17) is 4.74 Å². The van der Waals surface area contributed by atoms with Crippen LogP contribution in [0.5, 0.6) is 0 Å². The lowest BCUT2D eigenvalue weighted by molar-refractivity contribution is 0.0516. The number of carbonyl (C=O) groups excluding carboxylic acids is 1. The Hall–Kier alpha value is -3.83. The van der Waals surface area contributed by atoms with E-state index in [1.807, 2.05) is 42.5 Å². The first-order chi connectivity index (χ1) is 13.1. The van der Waals surface area contributed by atoms with E-state index in [-0.39, 0.29) is 6.61 Å². The van der Waals surface area contributed by atoms with Crippen molar-refractivity contribution in [1.29, 1.82) is 10.5 Å². The van der Waals surface area contributed by atoms with Crippen LogP contribution >= 0.6 is 0 Å². The third-order valence-electron chi connectivity index (χ3n) is 4.30. The summed E-state index contributed by atoms with van der Waals surface area (Å²) in [7, 11) is 1.72. The Balaban J connectivity index is 2.10. The maximum atomic E-state index is 12.4. The highest BCUT2D eigenvalue weighted by molar-refractivity contribution is 5.98. The van der Waals surface area contributed by atoms with Gasteiger partial charge in [-0.1, -0.05) is 42.5 Å². The van der Waals surface area contributed by atoms with Gasteiger partial charge in [0.1, 0.15) is 11.8 Å². The van der Waals surface area contributed by atoms with Crippen molar-refractivity contribution in [3.8, 4) is 34.4 Å². The minimum atomic E-state index is -0.463. The molecule has 1 aromatic heterocycles. The molecule has 0 aliphatic heterocycles. The molecule has 0 N–H and O–H groups in total. The monoisotopic (exact) mass is 355 g/mol. The van der Waals surface area contributed by atoms with Crippen LogP contribution in [0, 0.1) is 22.7 Å². The number of aryl methyl sites for hydroxylation is 1. The van der Waals surface area contributed by atoms with E-state index in [0.717, 1.165) is 16.7 Å². The molecule has 5 nitrogen and oxygen atoms in total. The van der Waals surface area contributed by atoms with Crippen LogP contribution in [0.4, 0.5) is 0 Å². The Kier molecular flexibility index (Phi) is 5.06. The second-order valence-corrected chi connectivity index (χ2v) is 5.94. The molecule has 0 aliphatic rings. The van der Waals surface area contributed by atoms with Gasteiger partial charge in [-0.25, -0.2) is 4.79 Å². The fraction of sp³-hybridized carbons (Fsp3) is 0.136. The van der Waals surface area contributed by atoms with Crippen LogP contribution in [0.2, 0.25) is 0 Å². The van der Waals surface area contributed by atoms with Gasteiger partial charge in [0, 0.05) is 18.8 Å². The van der Waals surface area contributed by atoms with Crippen molar-refractivity contribution in [2.45, 2.75) is 6.92 Å². The fourth-order valence-electron chi connectivity index (χ4n) is 3.10. The number of hydrogen-bond donors (Lipinski definition) is 0. The number of carbonyl (C=O) groups is 1. The smallest absolute Gasteiger partial charge is 0.355 e. The van der Waals surface area contributed by atoms with Crippen molar-refractivity contribution in [3.63, 3.8) is 0 Å². The molecule has 0 radical (unpaired) electrons. The van der Waals surface area contributed by atoms with Crippen molar-refractivity contribution < 1.29 is 9.53 Å². The maximum absolute atomic E-state index is 12.4. The van der Waals surface area contributed by atoms with E-state index in [0.29, 0.717) is 22.4 Å². The van der Waals surface area contributed by atoms with Gasteiger partial charge in [0.2, 0.25) is 0 Å². The van der Waals surface area contributed by atoms with E-state index < -0.39 is 5.97 Å². The molecule has 0 saturated carbocycles. The molecule has 0 fully saturated rings. The van der Waals surface area contributed by atoms with Crippen LogP contribution in [-0.2, 0) is 11.8 Å². The first kappa shape index (κ1) is 18.0. The fourth-order valence-corrected chi connectivity index (χ4v) is 3.10. The average Bonchev–Trinajstić information content (AvgIpc) is 3.04. The van der Waals surface area contributed by atoms with Gasteiger partial charge in [-0.05, 0) is 29.7 Å². The summed E-state index contributed by atoms with van der Waals surface area (Å²) in [6, 6.07) is 19.2. The molecule has 0 atom stereocenters. The van der Waals surface area contributed by atoms with E-state index in [1.54, 1.807) is 30.8 Å². The number of hydrogen-bond acceptors (Lipinski definition) is 4. The number of esters is 1. The highest BCUT2D eigenvalue weighted by Crippen LogP contribution is 2.32. The van der Waals surface area contributed by atoms with Crippen LogP contribution in [0.3, 0.4) is 0 Å². The normalized spacial score (nSPS) is 10.1. The second kappa shape index (κ2) is 7.59. The van der Waals surface area contributed by atoms with E-state index in [2.05, 4.69) is 12.1 Å². The molecule has 5 heteroatoms. The van der Waals surface area contributed by atoms with Gasteiger partial charge < -0.3 is 9.30 Å². The predicted octanol–water partition coefficient (Wildman–Crippen LogP) is 4.28. The van der Waals surface area contributed by atoms with E-state index in [9.17, 15) is 15.3 Å². The predicted molar refractivity (Wildman–Crippen MR) is 102 cm³/mol. The average molecular weight is 355 g/mol. The largest absolute Gasteiger partial charge is 0.461 e. The minimum absolute atomic E-state index is 0.259. The topological polar surface area (TPSA) is 78.8 Å². The number of rotatable bonds is 4. The van der Waals surface area contributed by atoms with Crippen LogP contribution in [-0.4, -0.2) is 17.1 Å². The number of benzene rings is 2. The maximum Gasteiger partial charge on any atom is 0.355 e. The molecule has 0 unspecified atom stereocenters. The highest BCUT2D eigenvalue weighted by atomic mass is 16.5. The molecule has 0 aliphatic carbocycles. The van der Waals surface area contributed by atoms with Gasteiger partial charge in [-0.15, -0.1) is 0 Å². The van der Waals surface area contributed by atoms with Crippen LogP contribution in [0.25, 0.3) is 22.3 Å². The lowest BCUT2D eigenvalue weighted by Crippen LogP contribution is -2.10. The molecular formula is C22H17N3O2. The molecule has 2 aromatic carbocycles. The third-order valence-corrected chi connectivity index (χ3v) is 4.30. The minimum Gasteiger partial charge on any atom is -0.461 e. The van der Waals surface area contributed by atoms with Gasteiger partial charge in [-0.3, -0.25) is 0 Å². The number of nitrogens with zero attached hydrogens (tertiary/aromatic N) is 3. The Morgan fingerprint density at radius 3 is 2.26 bits per heavy atom. The molecule has 0 spiro atoms. The van der Waals surface area contributed by atoms with Crippen LogP contribution in [0.1, 0.15) is 28.5 Å². The molecule has 3 rings (SSSR count). The Morgan fingerprint density at radius 2 is 1.63 bits per heavy atom. The van der Waals surface area contributed by atoms with Gasteiger partial charge >= 0.3 is 5.97 Å². The lowest BCUT2D eigenvalue weighted by Gasteiger charge is -2.09. The Bertz CT molecular complexity index is 1080. The van der Waals surface area contributed by atoms with Gasteiger partial charge in [-0.2, -0.15) is 10.5 Å². The zero-order valence-electron chi connectivity index (χ0n) is 15.1. The molecule has 0 amide bonds. The van der Waals surface area contributed by atoms with Gasteiger partial charge in [0.15, 0.2) is 0 Å². The van der Waals surface area contributed by atoms with Gasteiger partial charge in [0.05, 0.1) is 23.8 Å². The molecule has 0 saturated heterocycles. The highest BCUT2D eigenvalue weighted by Gasteiger charge is 2.22. The molecular weight excluding hydrogens is 338 g/mol. The Morgan fingerprint density at radius 1 is 1.00 bits per heavy atom. The summed E-state index contributed by atoms with van der Waals surface area (Å²) < 4.78 is 6.76. The number of nitriles is 2. The standard InChI is InChI=1S/C22H17N3O2/c1-3-27-22(26)21-20(18(13-24)14-25(21)2)16-10-8-15(9-11-16)19-7-5-4-6-17(19)12-23/h4-11,14H,3H2,1-2H3. The summed E-state index contributed by atoms with van der Waals surface area (Å²) in [6.07, 6.45) is 1.63. The summed E-state index contributed by atoms with van der Waals surface area (Å²) in [6.45, 7) is 2.00. The SMILES string of the molecule is CCOC(=O)c1c(-c2ccc(-c3ccccc3C#N)cc2)c(C#N)cn1C. The van der Waals surface area contributed by atoms with E-state index >= 15 is 0 Å². The van der Waals surface area contributed by atoms with Crippen molar-refractivity contribution in [2.75, 3.05) is 6.61 Å². The lowest BCUT2D eigenvalue weighted by atomic mass is 9.96. The van der Waals surface area contributed by atoms with Crippen molar-refractivity contribution in [1.82, 2.24) is 4.57 Å². The quantitative estimate of drug-likeness (QED) is 0.654. The molecule has 132 valence electrons. The zero-order valence-corrected chi connectivity index (χ0v) is 15.1.